The summed E-state index contributed by atoms with van der Waals surface area (Å²) in [5.74, 6) is -0.731. The van der Waals surface area contributed by atoms with Crippen molar-refractivity contribution in [1.82, 2.24) is 5.32 Å². The van der Waals surface area contributed by atoms with Gasteiger partial charge in [-0.1, -0.05) is 19.9 Å². The molecule has 1 aromatic carbocycles. The average molecular weight is 375 g/mol. The quantitative estimate of drug-likeness (QED) is 0.615. The van der Waals surface area contributed by atoms with Crippen LogP contribution in [-0.4, -0.2) is 24.5 Å². The molecular formula is C14H18INO3. The average Bonchev–Trinajstić information content (AvgIpc) is 2.42. The molecule has 1 N–H and O–H groups in total. The molecule has 1 aromatic rings. The summed E-state index contributed by atoms with van der Waals surface area (Å²) in [4.78, 5) is 23.3. The highest BCUT2D eigenvalue weighted by Crippen LogP contribution is 2.08. The zero-order valence-corrected chi connectivity index (χ0v) is 13.3. The van der Waals surface area contributed by atoms with E-state index in [-0.39, 0.29) is 18.6 Å². The van der Waals surface area contributed by atoms with Crippen molar-refractivity contribution >= 4 is 34.5 Å². The molecule has 0 unspecified atom stereocenters. The molecule has 104 valence electrons. The normalized spacial score (nSPS) is 10.3. The van der Waals surface area contributed by atoms with Gasteiger partial charge in [-0.2, -0.15) is 0 Å². The van der Waals surface area contributed by atoms with E-state index in [0.29, 0.717) is 5.56 Å². The van der Waals surface area contributed by atoms with Crippen molar-refractivity contribution in [3.05, 3.63) is 33.4 Å². The molecule has 0 saturated carbocycles. The molecule has 1 rings (SSSR count). The van der Waals surface area contributed by atoms with Crippen molar-refractivity contribution in [1.29, 1.82) is 0 Å². The second-order valence-corrected chi connectivity index (χ2v) is 5.41. The lowest BCUT2D eigenvalue weighted by Gasteiger charge is -2.14. The molecule has 4 nitrogen and oxygen atoms in total. The van der Waals surface area contributed by atoms with Crippen molar-refractivity contribution in [2.45, 2.75) is 32.7 Å². The number of amides is 1. The zero-order valence-electron chi connectivity index (χ0n) is 11.1. The highest BCUT2D eigenvalue weighted by atomic mass is 127. The number of carbonyl (C=O) groups is 2. The van der Waals surface area contributed by atoms with Crippen LogP contribution in [-0.2, 0) is 9.53 Å². The SMILES string of the molecule is CCC(CC)NC(=O)COC(=O)c1cccc(I)c1. The number of hydrogen-bond donors (Lipinski definition) is 1. The van der Waals surface area contributed by atoms with Crippen molar-refractivity contribution in [3.63, 3.8) is 0 Å². The Hall–Kier alpha value is -1.11. The van der Waals surface area contributed by atoms with Crippen LogP contribution in [0.2, 0.25) is 0 Å². The zero-order chi connectivity index (χ0) is 14.3. The van der Waals surface area contributed by atoms with Crippen molar-refractivity contribution in [2.24, 2.45) is 0 Å². The summed E-state index contributed by atoms with van der Waals surface area (Å²) in [6, 6.07) is 7.20. The maximum atomic E-state index is 11.7. The Bertz CT molecular complexity index is 444. The van der Waals surface area contributed by atoms with E-state index < -0.39 is 5.97 Å². The lowest BCUT2D eigenvalue weighted by molar-refractivity contribution is -0.125. The number of benzene rings is 1. The molecule has 1 amide bonds. The van der Waals surface area contributed by atoms with Crippen LogP contribution in [0.5, 0.6) is 0 Å². The van der Waals surface area contributed by atoms with E-state index in [1.807, 2.05) is 19.9 Å². The Morgan fingerprint density at radius 3 is 2.58 bits per heavy atom. The molecule has 0 radical (unpaired) electrons. The van der Waals surface area contributed by atoms with Gasteiger partial charge in [0.1, 0.15) is 0 Å². The van der Waals surface area contributed by atoms with Crippen LogP contribution in [0.1, 0.15) is 37.0 Å². The molecule has 0 aliphatic rings. The van der Waals surface area contributed by atoms with Crippen LogP contribution in [0.3, 0.4) is 0 Å². The van der Waals surface area contributed by atoms with Crippen molar-refractivity contribution < 1.29 is 14.3 Å². The first-order valence-electron chi connectivity index (χ1n) is 6.28. The first-order chi connectivity index (χ1) is 9.06. The third-order valence-corrected chi connectivity index (χ3v) is 3.42. The number of esters is 1. The van der Waals surface area contributed by atoms with E-state index in [1.165, 1.54) is 0 Å². The molecule has 0 saturated heterocycles. The fourth-order valence-corrected chi connectivity index (χ4v) is 2.14. The second-order valence-electron chi connectivity index (χ2n) is 4.17. The molecule has 0 aromatic heterocycles. The number of hydrogen-bond acceptors (Lipinski definition) is 3. The highest BCUT2D eigenvalue weighted by Gasteiger charge is 2.12. The van der Waals surface area contributed by atoms with Crippen LogP contribution in [0, 0.1) is 3.57 Å². The Morgan fingerprint density at radius 1 is 1.32 bits per heavy atom. The molecule has 0 heterocycles. The molecule has 5 heteroatoms. The first-order valence-corrected chi connectivity index (χ1v) is 7.36. The fourth-order valence-electron chi connectivity index (χ4n) is 1.59. The molecule has 0 bridgehead atoms. The molecule has 19 heavy (non-hydrogen) atoms. The smallest absolute Gasteiger partial charge is 0.338 e. The van der Waals surface area contributed by atoms with Crippen LogP contribution >= 0.6 is 22.6 Å². The van der Waals surface area contributed by atoms with Gasteiger partial charge in [0.2, 0.25) is 0 Å². The minimum atomic E-state index is -0.474. The number of carbonyl (C=O) groups excluding carboxylic acids is 2. The maximum Gasteiger partial charge on any atom is 0.338 e. The third-order valence-electron chi connectivity index (χ3n) is 2.75. The summed E-state index contributed by atoms with van der Waals surface area (Å²) in [6.07, 6.45) is 1.74. The Kier molecular flexibility index (Phi) is 6.83. The van der Waals surface area contributed by atoms with E-state index in [2.05, 4.69) is 27.9 Å². The fraction of sp³-hybridized carbons (Fsp3) is 0.429. The third kappa shape index (κ3) is 5.59. The number of ether oxygens (including phenoxy) is 1. The lowest BCUT2D eigenvalue weighted by Crippen LogP contribution is -2.36. The largest absolute Gasteiger partial charge is 0.452 e. The van der Waals surface area contributed by atoms with Crippen molar-refractivity contribution in [2.75, 3.05) is 6.61 Å². The monoisotopic (exact) mass is 375 g/mol. The number of halogens is 1. The molecule has 0 aliphatic heterocycles. The van der Waals surface area contributed by atoms with Gasteiger partial charge >= 0.3 is 5.97 Å². The maximum absolute atomic E-state index is 11.7. The minimum Gasteiger partial charge on any atom is -0.452 e. The van der Waals surface area contributed by atoms with E-state index in [9.17, 15) is 9.59 Å². The van der Waals surface area contributed by atoms with Gasteiger partial charge in [-0.3, -0.25) is 4.79 Å². The van der Waals surface area contributed by atoms with Gasteiger partial charge in [-0.25, -0.2) is 4.79 Å². The Balaban J connectivity index is 2.44. The Labute approximate surface area is 127 Å². The van der Waals surface area contributed by atoms with Crippen LogP contribution < -0.4 is 5.32 Å². The summed E-state index contributed by atoms with van der Waals surface area (Å²) >= 11 is 2.12. The highest BCUT2D eigenvalue weighted by molar-refractivity contribution is 14.1. The molecular weight excluding hydrogens is 357 g/mol. The number of nitrogens with one attached hydrogen (secondary N) is 1. The topological polar surface area (TPSA) is 55.4 Å². The second kappa shape index (κ2) is 8.14. The summed E-state index contributed by atoms with van der Waals surface area (Å²) in [5, 5.41) is 2.82. The van der Waals surface area contributed by atoms with Gasteiger partial charge in [-0.05, 0) is 53.6 Å². The van der Waals surface area contributed by atoms with E-state index in [0.717, 1.165) is 16.4 Å². The van der Waals surface area contributed by atoms with Crippen molar-refractivity contribution in [3.8, 4) is 0 Å². The minimum absolute atomic E-state index is 0.142. The lowest BCUT2D eigenvalue weighted by atomic mass is 10.2. The summed E-state index contributed by atoms with van der Waals surface area (Å²) < 4.78 is 5.93. The summed E-state index contributed by atoms with van der Waals surface area (Å²) in [6.45, 7) is 3.78. The van der Waals surface area contributed by atoms with Crippen LogP contribution in [0.4, 0.5) is 0 Å². The van der Waals surface area contributed by atoms with Gasteiger partial charge in [0.15, 0.2) is 6.61 Å². The standard InChI is InChI=1S/C14H18INO3/c1-3-12(4-2)16-13(17)9-19-14(18)10-6-5-7-11(15)8-10/h5-8,12H,3-4,9H2,1-2H3,(H,16,17). The predicted molar refractivity (Wildman–Crippen MR) is 82.0 cm³/mol. The van der Waals surface area contributed by atoms with Gasteiger partial charge in [-0.15, -0.1) is 0 Å². The van der Waals surface area contributed by atoms with Crippen LogP contribution in [0.15, 0.2) is 24.3 Å². The first kappa shape index (κ1) is 15.9. The molecule has 0 aliphatic carbocycles. The van der Waals surface area contributed by atoms with E-state index >= 15 is 0 Å². The molecule has 0 spiro atoms. The number of rotatable bonds is 6. The van der Waals surface area contributed by atoms with E-state index in [4.69, 9.17) is 4.74 Å². The summed E-state index contributed by atoms with van der Waals surface area (Å²) in [5.41, 5.74) is 0.460. The van der Waals surface area contributed by atoms with Gasteiger partial charge < -0.3 is 10.1 Å². The Morgan fingerprint density at radius 2 is 2.00 bits per heavy atom. The van der Waals surface area contributed by atoms with Gasteiger partial charge in [0.25, 0.3) is 5.91 Å². The van der Waals surface area contributed by atoms with Crippen LogP contribution in [0.25, 0.3) is 0 Å². The predicted octanol–water partition coefficient (Wildman–Crippen LogP) is 2.75. The van der Waals surface area contributed by atoms with Gasteiger partial charge in [0.05, 0.1) is 5.56 Å². The summed E-state index contributed by atoms with van der Waals surface area (Å²) in [7, 11) is 0. The van der Waals surface area contributed by atoms with E-state index in [1.54, 1.807) is 18.2 Å². The molecule has 0 atom stereocenters. The van der Waals surface area contributed by atoms with Gasteiger partial charge in [0, 0.05) is 9.61 Å². The molecule has 0 fully saturated rings.